The van der Waals surface area contributed by atoms with Crippen molar-refractivity contribution >= 4 is 5.91 Å². The predicted molar refractivity (Wildman–Crippen MR) is 91.9 cm³/mol. The smallest absolute Gasteiger partial charge is 0.223 e. The molecule has 1 aliphatic carbocycles. The van der Waals surface area contributed by atoms with E-state index in [2.05, 4.69) is 29.4 Å². The van der Waals surface area contributed by atoms with Gasteiger partial charge in [0, 0.05) is 31.1 Å². The zero-order chi connectivity index (χ0) is 15.8. The van der Waals surface area contributed by atoms with Crippen molar-refractivity contribution in [2.45, 2.75) is 77.3 Å². The fraction of sp³-hybridized carbons (Fsp3) is 0.944. The standard InChI is InChI=1S/C18H35N3O/c1-15(2)21-13-9-16(10-14-21)18(22)20-12-11-19-17-7-5-3-4-6-8-17/h15-17,19H,3-14H2,1-2H3,(H,20,22). The number of nitrogens with zero attached hydrogens (tertiary/aromatic N) is 1. The second kappa shape index (κ2) is 9.51. The highest BCUT2D eigenvalue weighted by Gasteiger charge is 2.25. The van der Waals surface area contributed by atoms with Crippen LogP contribution < -0.4 is 10.6 Å². The van der Waals surface area contributed by atoms with E-state index < -0.39 is 0 Å². The molecule has 4 nitrogen and oxygen atoms in total. The highest BCUT2D eigenvalue weighted by molar-refractivity contribution is 5.78. The van der Waals surface area contributed by atoms with E-state index in [-0.39, 0.29) is 11.8 Å². The average molecular weight is 309 g/mol. The normalized spacial score (nSPS) is 22.7. The molecule has 0 aromatic heterocycles. The van der Waals surface area contributed by atoms with Crippen LogP contribution in [0.3, 0.4) is 0 Å². The molecule has 1 saturated carbocycles. The largest absolute Gasteiger partial charge is 0.355 e. The van der Waals surface area contributed by atoms with Gasteiger partial charge in [-0.05, 0) is 52.6 Å². The fourth-order valence-electron chi connectivity index (χ4n) is 3.77. The van der Waals surface area contributed by atoms with Gasteiger partial charge in [0.05, 0.1) is 0 Å². The zero-order valence-corrected chi connectivity index (χ0v) is 14.6. The zero-order valence-electron chi connectivity index (χ0n) is 14.6. The van der Waals surface area contributed by atoms with Crippen LogP contribution in [0.25, 0.3) is 0 Å². The van der Waals surface area contributed by atoms with Crippen LogP contribution in [0, 0.1) is 5.92 Å². The molecular formula is C18H35N3O. The van der Waals surface area contributed by atoms with E-state index in [9.17, 15) is 4.79 Å². The van der Waals surface area contributed by atoms with E-state index in [0.29, 0.717) is 12.1 Å². The van der Waals surface area contributed by atoms with Crippen LogP contribution in [0.1, 0.15) is 65.2 Å². The highest BCUT2D eigenvalue weighted by Crippen LogP contribution is 2.19. The number of carbonyl (C=O) groups is 1. The van der Waals surface area contributed by atoms with Gasteiger partial charge in [-0.25, -0.2) is 0 Å². The number of amides is 1. The molecular weight excluding hydrogens is 274 g/mol. The van der Waals surface area contributed by atoms with Gasteiger partial charge in [-0.1, -0.05) is 25.7 Å². The molecule has 0 aromatic carbocycles. The van der Waals surface area contributed by atoms with Gasteiger partial charge in [0.25, 0.3) is 0 Å². The summed E-state index contributed by atoms with van der Waals surface area (Å²) in [5, 5.41) is 6.75. The van der Waals surface area contributed by atoms with Crippen LogP contribution in [-0.2, 0) is 4.79 Å². The lowest BCUT2D eigenvalue weighted by Gasteiger charge is -2.34. The number of likely N-dealkylation sites (tertiary alicyclic amines) is 1. The van der Waals surface area contributed by atoms with Crippen LogP contribution in [0.5, 0.6) is 0 Å². The number of rotatable bonds is 6. The summed E-state index contributed by atoms with van der Waals surface area (Å²) in [6.45, 7) is 8.30. The van der Waals surface area contributed by atoms with Gasteiger partial charge in [-0.15, -0.1) is 0 Å². The maximum Gasteiger partial charge on any atom is 0.223 e. The second-order valence-corrected chi connectivity index (χ2v) is 7.34. The fourth-order valence-corrected chi connectivity index (χ4v) is 3.77. The van der Waals surface area contributed by atoms with E-state index in [4.69, 9.17) is 0 Å². The molecule has 0 radical (unpaired) electrons. The van der Waals surface area contributed by atoms with Gasteiger partial charge >= 0.3 is 0 Å². The number of hydrogen-bond acceptors (Lipinski definition) is 3. The van der Waals surface area contributed by atoms with E-state index in [1.165, 1.54) is 38.5 Å². The van der Waals surface area contributed by atoms with Crippen LogP contribution in [0.4, 0.5) is 0 Å². The summed E-state index contributed by atoms with van der Waals surface area (Å²) in [7, 11) is 0. The summed E-state index contributed by atoms with van der Waals surface area (Å²) in [6.07, 6.45) is 10.1. The Morgan fingerprint density at radius 3 is 2.23 bits per heavy atom. The Bertz CT molecular complexity index is 316. The van der Waals surface area contributed by atoms with Crippen molar-refractivity contribution in [2.75, 3.05) is 26.2 Å². The van der Waals surface area contributed by atoms with E-state index in [1.807, 2.05) is 0 Å². The third-order valence-corrected chi connectivity index (χ3v) is 5.34. The first-order chi connectivity index (χ1) is 10.7. The van der Waals surface area contributed by atoms with Crippen molar-refractivity contribution in [1.82, 2.24) is 15.5 Å². The SMILES string of the molecule is CC(C)N1CCC(C(=O)NCCNC2CCCCCC2)CC1. The summed E-state index contributed by atoms with van der Waals surface area (Å²) in [4.78, 5) is 14.7. The summed E-state index contributed by atoms with van der Waals surface area (Å²) in [6, 6.07) is 1.28. The van der Waals surface area contributed by atoms with Crippen molar-refractivity contribution in [3.63, 3.8) is 0 Å². The average Bonchev–Trinajstić information content (AvgIpc) is 2.80. The summed E-state index contributed by atoms with van der Waals surface area (Å²) >= 11 is 0. The monoisotopic (exact) mass is 309 g/mol. The third-order valence-electron chi connectivity index (χ3n) is 5.34. The highest BCUT2D eigenvalue weighted by atomic mass is 16.1. The molecule has 2 aliphatic rings. The molecule has 0 bridgehead atoms. The molecule has 4 heteroatoms. The lowest BCUT2D eigenvalue weighted by atomic mass is 9.95. The summed E-state index contributed by atoms with van der Waals surface area (Å²) in [5.41, 5.74) is 0. The minimum absolute atomic E-state index is 0.230. The maximum absolute atomic E-state index is 12.2. The second-order valence-electron chi connectivity index (χ2n) is 7.34. The number of carbonyl (C=O) groups excluding carboxylic acids is 1. The number of piperidine rings is 1. The van der Waals surface area contributed by atoms with Gasteiger partial charge in [-0.2, -0.15) is 0 Å². The topological polar surface area (TPSA) is 44.4 Å². The molecule has 0 atom stereocenters. The van der Waals surface area contributed by atoms with Crippen molar-refractivity contribution in [3.8, 4) is 0 Å². The van der Waals surface area contributed by atoms with Crippen LogP contribution in [0.15, 0.2) is 0 Å². The van der Waals surface area contributed by atoms with Gasteiger partial charge in [0.2, 0.25) is 5.91 Å². The minimum atomic E-state index is 0.230. The first-order valence-electron chi connectivity index (χ1n) is 9.42. The van der Waals surface area contributed by atoms with Gasteiger partial charge < -0.3 is 15.5 Å². The van der Waals surface area contributed by atoms with Crippen molar-refractivity contribution in [3.05, 3.63) is 0 Å². The molecule has 2 N–H and O–H groups in total. The molecule has 0 aromatic rings. The lowest BCUT2D eigenvalue weighted by molar-refractivity contribution is -0.126. The first kappa shape index (κ1) is 17.7. The van der Waals surface area contributed by atoms with E-state index in [1.54, 1.807) is 0 Å². The molecule has 2 rings (SSSR count). The summed E-state index contributed by atoms with van der Waals surface area (Å²) < 4.78 is 0. The Morgan fingerprint density at radius 2 is 1.64 bits per heavy atom. The minimum Gasteiger partial charge on any atom is -0.355 e. The number of hydrogen-bond donors (Lipinski definition) is 2. The van der Waals surface area contributed by atoms with Crippen molar-refractivity contribution in [2.24, 2.45) is 5.92 Å². The van der Waals surface area contributed by atoms with E-state index in [0.717, 1.165) is 39.0 Å². The Hall–Kier alpha value is -0.610. The van der Waals surface area contributed by atoms with Gasteiger partial charge in [-0.3, -0.25) is 4.79 Å². The van der Waals surface area contributed by atoms with Crippen molar-refractivity contribution in [1.29, 1.82) is 0 Å². The molecule has 128 valence electrons. The molecule has 2 fully saturated rings. The summed E-state index contributed by atoms with van der Waals surface area (Å²) in [5.74, 6) is 0.499. The predicted octanol–water partition coefficient (Wildman–Crippen LogP) is 2.54. The molecule has 0 spiro atoms. The maximum atomic E-state index is 12.2. The lowest BCUT2D eigenvalue weighted by Crippen LogP contribution is -2.44. The Morgan fingerprint density at radius 1 is 1.00 bits per heavy atom. The van der Waals surface area contributed by atoms with Gasteiger partial charge in [0.1, 0.15) is 0 Å². The van der Waals surface area contributed by atoms with Crippen LogP contribution >= 0.6 is 0 Å². The van der Waals surface area contributed by atoms with Gasteiger partial charge in [0.15, 0.2) is 0 Å². The van der Waals surface area contributed by atoms with Crippen LogP contribution in [-0.4, -0.2) is 49.1 Å². The molecule has 1 heterocycles. The van der Waals surface area contributed by atoms with Crippen LogP contribution in [0.2, 0.25) is 0 Å². The quantitative estimate of drug-likeness (QED) is 0.585. The molecule has 0 unspecified atom stereocenters. The first-order valence-corrected chi connectivity index (χ1v) is 9.42. The molecule has 1 aliphatic heterocycles. The third kappa shape index (κ3) is 5.88. The Labute approximate surface area is 136 Å². The van der Waals surface area contributed by atoms with Crippen molar-refractivity contribution < 1.29 is 4.79 Å². The molecule has 1 amide bonds. The Kier molecular flexibility index (Phi) is 7.67. The number of nitrogens with one attached hydrogen (secondary N) is 2. The van der Waals surface area contributed by atoms with E-state index >= 15 is 0 Å². The molecule has 22 heavy (non-hydrogen) atoms. The molecule has 1 saturated heterocycles. The Balaban J connectivity index is 1.56.